The van der Waals surface area contributed by atoms with E-state index in [1.807, 2.05) is 39.2 Å². The lowest BCUT2D eigenvalue weighted by Crippen LogP contribution is -2.50. The summed E-state index contributed by atoms with van der Waals surface area (Å²) in [5, 5.41) is 0. The molecule has 2 heterocycles. The number of pyridine rings is 1. The zero-order valence-corrected chi connectivity index (χ0v) is 15.1. The Bertz CT molecular complexity index is 508. The normalized spacial score (nSPS) is 16.6. The number of nitrogens with zero attached hydrogens (tertiary/aromatic N) is 3. The van der Waals surface area contributed by atoms with Gasteiger partial charge in [0.1, 0.15) is 5.60 Å². The quantitative estimate of drug-likeness (QED) is 0.821. The minimum Gasteiger partial charge on any atom is -0.444 e. The number of hydrogen-bond donors (Lipinski definition) is 0. The largest absolute Gasteiger partial charge is 0.444 e. The number of carbonyl (C=O) groups is 1. The van der Waals surface area contributed by atoms with Crippen molar-refractivity contribution in [1.29, 1.82) is 0 Å². The van der Waals surface area contributed by atoms with Crippen molar-refractivity contribution in [1.82, 2.24) is 14.8 Å². The van der Waals surface area contributed by atoms with Crippen molar-refractivity contribution < 1.29 is 9.53 Å². The molecule has 5 nitrogen and oxygen atoms in total. The molecule has 2 rings (SSSR count). The molecule has 122 valence electrons. The molecular formula is C16H24BrN3O2. The predicted octanol–water partition coefficient (Wildman–Crippen LogP) is 2.94. The number of ether oxygens (including phenoxy) is 1. The fourth-order valence-electron chi connectivity index (χ4n) is 2.37. The van der Waals surface area contributed by atoms with E-state index >= 15 is 0 Å². The lowest BCUT2D eigenvalue weighted by atomic mass is 10.2. The van der Waals surface area contributed by atoms with Crippen molar-refractivity contribution in [2.24, 2.45) is 0 Å². The summed E-state index contributed by atoms with van der Waals surface area (Å²) in [6, 6.07) is 2.04. The Labute approximate surface area is 140 Å². The molecule has 0 saturated carbocycles. The van der Waals surface area contributed by atoms with Gasteiger partial charge in [-0.2, -0.15) is 0 Å². The van der Waals surface area contributed by atoms with Gasteiger partial charge in [-0.1, -0.05) is 0 Å². The van der Waals surface area contributed by atoms with Gasteiger partial charge >= 0.3 is 6.09 Å². The van der Waals surface area contributed by atoms with Gasteiger partial charge in [0.05, 0.1) is 0 Å². The highest BCUT2D eigenvalue weighted by molar-refractivity contribution is 9.10. The molecule has 0 spiro atoms. The molecule has 22 heavy (non-hydrogen) atoms. The third-order valence-electron chi connectivity index (χ3n) is 3.58. The first kappa shape index (κ1) is 17.2. The van der Waals surface area contributed by atoms with Crippen LogP contribution >= 0.6 is 15.9 Å². The standard InChI is InChI=1S/C16H24BrN3O2/c1-16(2,3)22-15(21)20-10-8-19(9-11-20)7-5-13-4-6-18-12-14(13)17/h4,6,12H,5,7-11H2,1-3H3. The average Bonchev–Trinajstić information content (AvgIpc) is 2.45. The lowest BCUT2D eigenvalue weighted by molar-refractivity contribution is 0.0146. The molecule has 6 heteroatoms. The van der Waals surface area contributed by atoms with Crippen molar-refractivity contribution in [3.05, 3.63) is 28.5 Å². The first-order valence-corrected chi connectivity index (χ1v) is 8.43. The van der Waals surface area contributed by atoms with Gasteiger partial charge in [-0.05, 0) is 54.8 Å². The van der Waals surface area contributed by atoms with Crippen LogP contribution in [0.2, 0.25) is 0 Å². The van der Waals surface area contributed by atoms with Gasteiger partial charge in [-0.25, -0.2) is 4.79 Å². The Morgan fingerprint density at radius 3 is 2.59 bits per heavy atom. The van der Waals surface area contributed by atoms with E-state index in [0.29, 0.717) is 0 Å². The van der Waals surface area contributed by atoms with Crippen molar-refractivity contribution >= 4 is 22.0 Å². The van der Waals surface area contributed by atoms with Crippen LogP contribution in [0.1, 0.15) is 26.3 Å². The molecule has 0 N–H and O–H groups in total. The van der Waals surface area contributed by atoms with E-state index in [1.165, 1.54) is 5.56 Å². The topological polar surface area (TPSA) is 45.7 Å². The summed E-state index contributed by atoms with van der Waals surface area (Å²) in [6.45, 7) is 9.92. The van der Waals surface area contributed by atoms with Crippen molar-refractivity contribution in [3.8, 4) is 0 Å². The molecule has 0 bridgehead atoms. The van der Waals surface area contributed by atoms with Crippen LogP contribution in [-0.2, 0) is 11.2 Å². The van der Waals surface area contributed by atoms with Gasteiger partial charge < -0.3 is 9.64 Å². The van der Waals surface area contributed by atoms with E-state index in [9.17, 15) is 4.79 Å². The molecule has 0 unspecified atom stereocenters. The average molecular weight is 370 g/mol. The molecule has 1 fully saturated rings. The summed E-state index contributed by atoms with van der Waals surface area (Å²) in [4.78, 5) is 20.3. The van der Waals surface area contributed by atoms with E-state index in [-0.39, 0.29) is 6.09 Å². The fraction of sp³-hybridized carbons (Fsp3) is 0.625. The number of piperazine rings is 1. The highest BCUT2D eigenvalue weighted by Gasteiger charge is 2.25. The summed E-state index contributed by atoms with van der Waals surface area (Å²) in [5.41, 5.74) is 0.839. The Morgan fingerprint density at radius 2 is 2.00 bits per heavy atom. The second kappa shape index (κ2) is 7.42. The van der Waals surface area contributed by atoms with E-state index in [0.717, 1.165) is 43.6 Å². The molecule has 1 saturated heterocycles. The first-order valence-electron chi connectivity index (χ1n) is 7.64. The van der Waals surface area contributed by atoms with Gasteiger partial charge in [0.15, 0.2) is 0 Å². The number of hydrogen-bond acceptors (Lipinski definition) is 4. The molecule has 1 aromatic rings. The molecule has 0 radical (unpaired) electrons. The van der Waals surface area contributed by atoms with E-state index < -0.39 is 5.60 Å². The first-order chi connectivity index (χ1) is 10.3. The Morgan fingerprint density at radius 1 is 1.32 bits per heavy atom. The van der Waals surface area contributed by atoms with Crippen LogP contribution in [0.3, 0.4) is 0 Å². The van der Waals surface area contributed by atoms with Crippen molar-refractivity contribution in [2.45, 2.75) is 32.8 Å². The molecule has 1 aromatic heterocycles. The second-order valence-corrected chi connectivity index (χ2v) is 7.38. The van der Waals surface area contributed by atoms with Gasteiger partial charge in [0.2, 0.25) is 0 Å². The van der Waals surface area contributed by atoms with Gasteiger partial charge in [-0.3, -0.25) is 9.88 Å². The van der Waals surface area contributed by atoms with E-state index in [4.69, 9.17) is 4.74 Å². The molecule has 0 aromatic carbocycles. The van der Waals surface area contributed by atoms with Crippen molar-refractivity contribution in [2.75, 3.05) is 32.7 Å². The van der Waals surface area contributed by atoms with Crippen LogP contribution in [0.25, 0.3) is 0 Å². The van der Waals surface area contributed by atoms with Crippen molar-refractivity contribution in [3.63, 3.8) is 0 Å². The highest BCUT2D eigenvalue weighted by atomic mass is 79.9. The second-order valence-electron chi connectivity index (χ2n) is 6.53. The third-order valence-corrected chi connectivity index (χ3v) is 4.29. The maximum atomic E-state index is 12.0. The zero-order chi connectivity index (χ0) is 16.2. The molecular weight excluding hydrogens is 346 g/mol. The van der Waals surface area contributed by atoms with Crippen LogP contribution in [-0.4, -0.2) is 59.2 Å². The summed E-state index contributed by atoms with van der Waals surface area (Å²) >= 11 is 3.53. The summed E-state index contributed by atoms with van der Waals surface area (Å²) in [7, 11) is 0. The summed E-state index contributed by atoms with van der Waals surface area (Å²) in [6.07, 6.45) is 4.43. The number of carbonyl (C=O) groups excluding carboxylic acids is 1. The number of rotatable bonds is 3. The van der Waals surface area contributed by atoms with Crippen LogP contribution in [0.15, 0.2) is 22.9 Å². The maximum absolute atomic E-state index is 12.0. The van der Waals surface area contributed by atoms with Gasteiger partial charge in [-0.15, -0.1) is 0 Å². The monoisotopic (exact) mass is 369 g/mol. The molecule has 0 aliphatic carbocycles. The van der Waals surface area contributed by atoms with Crippen LogP contribution in [0, 0.1) is 0 Å². The molecule has 1 aliphatic heterocycles. The minimum absolute atomic E-state index is 0.205. The van der Waals surface area contributed by atoms with Gasteiger partial charge in [0, 0.05) is 49.6 Å². The summed E-state index contributed by atoms with van der Waals surface area (Å²) in [5.74, 6) is 0. The highest BCUT2D eigenvalue weighted by Crippen LogP contribution is 2.16. The SMILES string of the molecule is CC(C)(C)OC(=O)N1CCN(CCc2ccncc2Br)CC1. The fourth-order valence-corrected chi connectivity index (χ4v) is 2.81. The Balaban J connectivity index is 1.76. The van der Waals surface area contributed by atoms with E-state index in [2.05, 4.69) is 25.8 Å². The Hall–Kier alpha value is -1.14. The molecule has 0 atom stereocenters. The van der Waals surface area contributed by atoms with Crippen LogP contribution in [0.5, 0.6) is 0 Å². The molecule has 1 amide bonds. The third kappa shape index (κ3) is 5.25. The number of halogens is 1. The van der Waals surface area contributed by atoms with Crippen LogP contribution in [0.4, 0.5) is 4.79 Å². The lowest BCUT2D eigenvalue weighted by Gasteiger charge is -2.35. The molecule has 1 aliphatic rings. The van der Waals surface area contributed by atoms with Gasteiger partial charge in [0.25, 0.3) is 0 Å². The predicted molar refractivity (Wildman–Crippen MR) is 89.9 cm³/mol. The summed E-state index contributed by atoms with van der Waals surface area (Å²) < 4.78 is 6.47. The van der Waals surface area contributed by atoms with Crippen LogP contribution < -0.4 is 0 Å². The minimum atomic E-state index is -0.429. The number of amides is 1. The Kier molecular flexibility index (Phi) is 5.81. The number of aromatic nitrogens is 1. The zero-order valence-electron chi connectivity index (χ0n) is 13.5. The van der Waals surface area contributed by atoms with E-state index in [1.54, 1.807) is 4.90 Å². The maximum Gasteiger partial charge on any atom is 0.410 e. The smallest absolute Gasteiger partial charge is 0.410 e.